The first-order chi connectivity index (χ1) is 17.2. The van der Waals surface area contributed by atoms with Crippen molar-refractivity contribution in [2.45, 2.75) is 31.8 Å². The molecule has 4 heterocycles. The Morgan fingerprint density at radius 2 is 1.86 bits per heavy atom. The molecular formula is C27H25N3O4S. The summed E-state index contributed by atoms with van der Waals surface area (Å²) < 4.78 is 13.6. The number of nitrogens with zero attached hydrogens (tertiary/aromatic N) is 3. The Bertz CT molecular complexity index is 1450. The molecule has 178 valence electrons. The van der Waals surface area contributed by atoms with Gasteiger partial charge in [-0.1, -0.05) is 36.4 Å². The van der Waals surface area contributed by atoms with E-state index in [-0.39, 0.29) is 24.1 Å². The second kappa shape index (κ2) is 9.19. The van der Waals surface area contributed by atoms with Crippen molar-refractivity contribution in [1.82, 2.24) is 14.5 Å². The Kier molecular flexibility index (Phi) is 5.74. The third kappa shape index (κ3) is 4.18. The summed E-state index contributed by atoms with van der Waals surface area (Å²) in [5.74, 6) is 1.40. The van der Waals surface area contributed by atoms with Gasteiger partial charge < -0.3 is 14.4 Å². The molecule has 0 saturated carbocycles. The Hall–Kier alpha value is -3.65. The molecule has 4 aromatic rings. The smallest absolute Gasteiger partial charge is 0.271 e. The summed E-state index contributed by atoms with van der Waals surface area (Å²) in [5.41, 5.74) is 2.56. The van der Waals surface area contributed by atoms with E-state index in [4.69, 9.17) is 9.47 Å². The van der Waals surface area contributed by atoms with Crippen molar-refractivity contribution in [2.24, 2.45) is 0 Å². The lowest BCUT2D eigenvalue weighted by molar-refractivity contribution is -0.132. The van der Waals surface area contributed by atoms with Crippen LogP contribution in [0.3, 0.4) is 0 Å². The first-order valence-corrected chi connectivity index (χ1v) is 12.7. The number of likely N-dealkylation sites (tertiary alicyclic amines) is 1. The molecule has 0 radical (unpaired) electrons. The van der Waals surface area contributed by atoms with E-state index < -0.39 is 0 Å². The number of carbonyl (C=O) groups excluding carboxylic acids is 1. The molecule has 1 fully saturated rings. The van der Waals surface area contributed by atoms with Crippen LogP contribution in [0, 0.1) is 0 Å². The highest BCUT2D eigenvalue weighted by Gasteiger charge is 2.31. The molecule has 0 bridgehead atoms. The Labute approximate surface area is 206 Å². The van der Waals surface area contributed by atoms with Gasteiger partial charge in [-0.05, 0) is 42.2 Å². The van der Waals surface area contributed by atoms with E-state index in [1.807, 2.05) is 59.5 Å². The molecule has 0 aliphatic carbocycles. The number of aromatic nitrogens is 2. The molecule has 2 aromatic heterocycles. The SMILES string of the molecule is O=C(Cn1cnc2cc(-c3ccccc3)sc2c1=O)N1CCCC1c1ccc2c(c1)OCCCO2. The van der Waals surface area contributed by atoms with Crippen LogP contribution in [0.25, 0.3) is 20.7 Å². The Balaban J connectivity index is 1.24. The van der Waals surface area contributed by atoms with E-state index in [1.165, 1.54) is 22.2 Å². The maximum Gasteiger partial charge on any atom is 0.271 e. The Morgan fingerprint density at radius 1 is 1.03 bits per heavy atom. The maximum atomic E-state index is 13.3. The van der Waals surface area contributed by atoms with E-state index in [1.54, 1.807) is 0 Å². The van der Waals surface area contributed by atoms with Gasteiger partial charge in [-0.2, -0.15) is 0 Å². The molecule has 6 rings (SSSR count). The fourth-order valence-electron chi connectivity index (χ4n) is 4.84. The number of hydrogen-bond donors (Lipinski definition) is 0. The van der Waals surface area contributed by atoms with Crippen LogP contribution in [0.2, 0.25) is 0 Å². The predicted octanol–water partition coefficient (Wildman–Crippen LogP) is 4.65. The van der Waals surface area contributed by atoms with Gasteiger partial charge in [0.1, 0.15) is 11.2 Å². The molecule has 1 unspecified atom stereocenters. The molecule has 2 aliphatic rings. The van der Waals surface area contributed by atoms with Gasteiger partial charge in [0, 0.05) is 17.8 Å². The number of rotatable bonds is 4. The average Bonchev–Trinajstić information content (AvgIpc) is 3.49. The van der Waals surface area contributed by atoms with E-state index >= 15 is 0 Å². The molecule has 7 nitrogen and oxygen atoms in total. The van der Waals surface area contributed by atoms with Gasteiger partial charge in [-0.15, -0.1) is 11.3 Å². The summed E-state index contributed by atoms with van der Waals surface area (Å²) in [4.78, 5) is 33.9. The minimum absolute atomic E-state index is 0.0264. The monoisotopic (exact) mass is 487 g/mol. The quantitative estimate of drug-likeness (QED) is 0.419. The van der Waals surface area contributed by atoms with Gasteiger partial charge in [-0.25, -0.2) is 4.98 Å². The second-order valence-corrected chi connectivity index (χ2v) is 9.92. The molecule has 35 heavy (non-hydrogen) atoms. The fraction of sp³-hybridized carbons (Fsp3) is 0.296. The minimum atomic E-state index is -0.179. The summed E-state index contributed by atoms with van der Waals surface area (Å²) in [6, 6.07) is 17.8. The highest BCUT2D eigenvalue weighted by atomic mass is 32.1. The number of carbonyl (C=O) groups is 1. The van der Waals surface area contributed by atoms with E-state index in [0.29, 0.717) is 30.0 Å². The third-order valence-electron chi connectivity index (χ3n) is 6.60. The van der Waals surface area contributed by atoms with Crippen LogP contribution in [0.5, 0.6) is 11.5 Å². The minimum Gasteiger partial charge on any atom is -0.490 e. The predicted molar refractivity (Wildman–Crippen MR) is 135 cm³/mol. The molecule has 1 atom stereocenters. The lowest BCUT2D eigenvalue weighted by atomic mass is 10.0. The second-order valence-electron chi connectivity index (χ2n) is 8.87. The first-order valence-electron chi connectivity index (χ1n) is 11.9. The zero-order valence-corrected chi connectivity index (χ0v) is 20.0. The first kappa shape index (κ1) is 21.9. The van der Waals surface area contributed by atoms with Crippen molar-refractivity contribution >= 4 is 27.5 Å². The van der Waals surface area contributed by atoms with Crippen LogP contribution < -0.4 is 15.0 Å². The van der Waals surface area contributed by atoms with Gasteiger partial charge in [0.15, 0.2) is 11.5 Å². The standard InChI is InChI=1S/C27H25N3O4S/c31-25(30-11-4-8-21(30)19-9-10-22-23(14-19)34-13-5-12-33-22)16-29-17-28-20-15-24(35-26(20)27(29)32)18-6-2-1-3-7-18/h1-3,6-7,9-10,14-15,17,21H,4-5,8,11-13,16H2. The zero-order valence-electron chi connectivity index (χ0n) is 19.2. The number of thiophene rings is 1. The summed E-state index contributed by atoms with van der Waals surface area (Å²) in [6.07, 6.45) is 4.14. The zero-order chi connectivity index (χ0) is 23.8. The highest BCUT2D eigenvalue weighted by Crippen LogP contribution is 2.38. The summed E-state index contributed by atoms with van der Waals surface area (Å²) in [7, 11) is 0. The molecule has 8 heteroatoms. The number of hydrogen-bond acceptors (Lipinski definition) is 6. The van der Waals surface area contributed by atoms with E-state index in [9.17, 15) is 9.59 Å². The molecule has 1 amide bonds. The summed E-state index contributed by atoms with van der Waals surface area (Å²) in [6.45, 7) is 1.91. The number of benzene rings is 2. The van der Waals surface area contributed by atoms with E-state index in [0.717, 1.165) is 46.8 Å². The van der Waals surface area contributed by atoms with Crippen molar-refractivity contribution in [1.29, 1.82) is 0 Å². The van der Waals surface area contributed by atoms with Crippen molar-refractivity contribution < 1.29 is 14.3 Å². The van der Waals surface area contributed by atoms with Gasteiger partial charge in [0.05, 0.1) is 31.1 Å². The largest absolute Gasteiger partial charge is 0.490 e. The van der Waals surface area contributed by atoms with Crippen molar-refractivity contribution in [3.8, 4) is 21.9 Å². The van der Waals surface area contributed by atoms with E-state index in [2.05, 4.69) is 4.98 Å². The average molecular weight is 488 g/mol. The normalized spacial score (nSPS) is 17.5. The Morgan fingerprint density at radius 3 is 2.71 bits per heavy atom. The third-order valence-corrected chi connectivity index (χ3v) is 7.76. The maximum absolute atomic E-state index is 13.3. The summed E-state index contributed by atoms with van der Waals surface area (Å²) in [5, 5.41) is 0. The molecule has 1 saturated heterocycles. The number of fused-ring (bicyclic) bond motifs is 2. The molecule has 0 N–H and O–H groups in total. The van der Waals surface area contributed by atoms with Crippen LogP contribution in [-0.2, 0) is 11.3 Å². The molecule has 2 aromatic carbocycles. The van der Waals surface area contributed by atoms with Gasteiger partial charge in [0.25, 0.3) is 5.56 Å². The van der Waals surface area contributed by atoms with Crippen molar-refractivity contribution in [2.75, 3.05) is 19.8 Å². The highest BCUT2D eigenvalue weighted by molar-refractivity contribution is 7.22. The van der Waals surface area contributed by atoms with Crippen LogP contribution in [0.1, 0.15) is 30.9 Å². The van der Waals surface area contributed by atoms with Crippen LogP contribution in [-0.4, -0.2) is 40.1 Å². The number of amides is 1. The molecule has 0 spiro atoms. The van der Waals surface area contributed by atoms with Crippen molar-refractivity contribution in [3.05, 3.63) is 76.8 Å². The lowest BCUT2D eigenvalue weighted by Gasteiger charge is -2.26. The van der Waals surface area contributed by atoms with Gasteiger partial charge in [0.2, 0.25) is 5.91 Å². The molecule has 2 aliphatic heterocycles. The van der Waals surface area contributed by atoms with Crippen LogP contribution in [0.4, 0.5) is 0 Å². The topological polar surface area (TPSA) is 73.7 Å². The van der Waals surface area contributed by atoms with Crippen molar-refractivity contribution in [3.63, 3.8) is 0 Å². The molecular weight excluding hydrogens is 462 g/mol. The van der Waals surface area contributed by atoms with Gasteiger partial charge in [-0.3, -0.25) is 14.2 Å². The van der Waals surface area contributed by atoms with Gasteiger partial charge >= 0.3 is 0 Å². The number of ether oxygens (including phenoxy) is 2. The lowest BCUT2D eigenvalue weighted by Crippen LogP contribution is -2.36. The van der Waals surface area contributed by atoms with Crippen LogP contribution >= 0.6 is 11.3 Å². The fourth-order valence-corrected chi connectivity index (χ4v) is 5.90. The van der Waals surface area contributed by atoms with Crippen LogP contribution in [0.15, 0.2) is 65.7 Å². The summed E-state index contributed by atoms with van der Waals surface area (Å²) >= 11 is 1.42.